The molecule has 1 heterocycles. The van der Waals surface area contributed by atoms with Gasteiger partial charge < -0.3 is 5.73 Å². The van der Waals surface area contributed by atoms with E-state index in [4.69, 9.17) is 5.73 Å². The first-order valence-electron chi connectivity index (χ1n) is 4.96. The number of rotatable bonds is 4. The molecular weight excluding hydrogens is 194 g/mol. The summed E-state index contributed by atoms with van der Waals surface area (Å²) in [5.41, 5.74) is 7.30. The molecule has 0 radical (unpaired) electrons. The maximum atomic E-state index is 11.2. The van der Waals surface area contributed by atoms with E-state index in [2.05, 4.69) is 13.8 Å². The molecule has 0 aliphatic carbocycles. The fraction of sp³-hybridized carbons (Fsp3) is 0.545. The minimum atomic E-state index is -0.280. The van der Waals surface area contributed by atoms with E-state index in [1.165, 1.54) is 10.4 Å². The second-order valence-electron chi connectivity index (χ2n) is 3.54. The summed E-state index contributed by atoms with van der Waals surface area (Å²) in [4.78, 5) is 13.5. The smallest absolute Gasteiger partial charge is 0.250 e. The van der Waals surface area contributed by atoms with Crippen molar-refractivity contribution >= 4 is 17.2 Å². The predicted octanol–water partition coefficient (Wildman–Crippen LogP) is 3.05. The van der Waals surface area contributed by atoms with Gasteiger partial charge in [0.15, 0.2) is 0 Å². The fourth-order valence-electron chi connectivity index (χ4n) is 1.71. The molecule has 0 aliphatic rings. The predicted molar refractivity (Wildman–Crippen MR) is 63.0 cm³/mol. The average molecular weight is 213 g/mol. The average Bonchev–Trinajstić information content (AvgIpc) is 2.37. The zero-order chi connectivity index (χ0) is 10.7. The fourth-order valence-corrected chi connectivity index (χ4v) is 2.82. The number of carbonyl (C=O) groups excluding carboxylic acids is 1. The second-order valence-corrected chi connectivity index (χ2v) is 4.96. The monoisotopic (exact) mass is 213 g/mol. The lowest BCUT2D eigenvalue weighted by Crippen LogP contribution is -2.13. The van der Waals surface area contributed by atoms with Gasteiger partial charge in [-0.3, -0.25) is 4.79 Å². The van der Waals surface area contributed by atoms with E-state index < -0.39 is 0 Å². The summed E-state index contributed by atoms with van der Waals surface area (Å²) in [6.45, 7) is 6.18. The van der Waals surface area contributed by atoms with Crippen molar-refractivity contribution in [2.24, 2.45) is 5.73 Å². The van der Waals surface area contributed by atoms with Gasteiger partial charge >= 0.3 is 0 Å². The lowest BCUT2D eigenvalue weighted by atomic mass is 10.0. The lowest BCUT2D eigenvalue weighted by Gasteiger charge is -2.02. The van der Waals surface area contributed by atoms with Crippen LogP contribution in [0.2, 0.25) is 0 Å². The van der Waals surface area contributed by atoms with E-state index >= 15 is 0 Å². The summed E-state index contributed by atoms with van der Waals surface area (Å²) in [7, 11) is 0. The molecule has 3 heteroatoms. The molecule has 14 heavy (non-hydrogen) atoms. The van der Waals surface area contributed by atoms with Crippen LogP contribution in [0.25, 0.3) is 0 Å². The summed E-state index contributed by atoms with van der Waals surface area (Å²) < 4.78 is 0. The van der Waals surface area contributed by atoms with E-state index in [0.29, 0.717) is 0 Å². The quantitative estimate of drug-likeness (QED) is 0.820. The first kappa shape index (κ1) is 11.2. The first-order valence-corrected chi connectivity index (χ1v) is 5.78. The van der Waals surface area contributed by atoms with Crippen molar-refractivity contribution in [1.29, 1.82) is 0 Å². The molecule has 0 aromatic carbocycles. The molecule has 1 rings (SSSR count). The molecule has 1 aromatic rings. The maximum absolute atomic E-state index is 11.2. The molecule has 0 saturated heterocycles. The molecule has 0 spiro atoms. The highest BCUT2D eigenvalue weighted by atomic mass is 32.1. The van der Waals surface area contributed by atoms with Crippen molar-refractivity contribution in [2.75, 3.05) is 0 Å². The largest absolute Gasteiger partial charge is 0.366 e. The summed E-state index contributed by atoms with van der Waals surface area (Å²) in [6, 6.07) is 0. The minimum absolute atomic E-state index is 0. The third kappa shape index (κ3) is 2.15. The SMILES string of the molecule is CCCCc1c(C)sc(C)c1C(N)=O.[HH]. The molecule has 0 unspecified atom stereocenters. The molecule has 0 fully saturated rings. The Labute approximate surface area is 90.6 Å². The maximum Gasteiger partial charge on any atom is 0.250 e. The molecule has 0 atom stereocenters. The van der Waals surface area contributed by atoms with Crippen LogP contribution in [-0.4, -0.2) is 5.91 Å². The Morgan fingerprint density at radius 2 is 2.07 bits per heavy atom. The van der Waals surface area contributed by atoms with Crippen molar-refractivity contribution in [1.82, 2.24) is 0 Å². The summed E-state index contributed by atoms with van der Waals surface area (Å²) in [5.74, 6) is -0.280. The number of aryl methyl sites for hydroxylation is 2. The zero-order valence-corrected chi connectivity index (χ0v) is 9.83. The number of amides is 1. The zero-order valence-electron chi connectivity index (χ0n) is 9.02. The van der Waals surface area contributed by atoms with E-state index in [1.807, 2.05) is 6.92 Å². The summed E-state index contributed by atoms with van der Waals surface area (Å²) in [5, 5.41) is 0. The van der Waals surface area contributed by atoms with Crippen LogP contribution in [-0.2, 0) is 6.42 Å². The molecule has 80 valence electrons. The van der Waals surface area contributed by atoms with E-state index in [9.17, 15) is 4.79 Å². The van der Waals surface area contributed by atoms with Crippen molar-refractivity contribution < 1.29 is 6.22 Å². The highest BCUT2D eigenvalue weighted by molar-refractivity contribution is 7.12. The van der Waals surface area contributed by atoms with Gasteiger partial charge in [0, 0.05) is 11.2 Å². The Balaban J connectivity index is 0.00000196. The Bertz CT molecular complexity index is 347. The van der Waals surface area contributed by atoms with Gasteiger partial charge in [-0.05, 0) is 32.3 Å². The van der Waals surface area contributed by atoms with Gasteiger partial charge in [0.1, 0.15) is 0 Å². The Kier molecular flexibility index (Phi) is 3.69. The number of carbonyl (C=O) groups is 1. The molecule has 2 N–H and O–H groups in total. The van der Waals surface area contributed by atoms with E-state index in [0.717, 1.165) is 29.7 Å². The third-order valence-electron chi connectivity index (χ3n) is 2.41. The first-order chi connectivity index (χ1) is 6.57. The second kappa shape index (κ2) is 4.60. The number of nitrogens with two attached hydrogens (primary N) is 1. The topological polar surface area (TPSA) is 43.1 Å². The molecule has 2 nitrogen and oxygen atoms in total. The van der Waals surface area contributed by atoms with Crippen molar-refractivity contribution in [2.45, 2.75) is 40.0 Å². The number of primary amides is 1. The van der Waals surface area contributed by atoms with E-state index in [1.54, 1.807) is 11.3 Å². The van der Waals surface area contributed by atoms with Crippen LogP contribution in [0, 0.1) is 13.8 Å². The van der Waals surface area contributed by atoms with Crippen LogP contribution in [0.4, 0.5) is 0 Å². The van der Waals surface area contributed by atoms with Gasteiger partial charge in [0.05, 0.1) is 5.56 Å². The van der Waals surface area contributed by atoms with Crippen LogP contribution < -0.4 is 5.73 Å². The molecular formula is C11H19NOS. The Morgan fingerprint density at radius 3 is 2.57 bits per heavy atom. The highest BCUT2D eigenvalue weighted by Gasteiger charge is 2.16. The Morgan fingerprint density at radius 1 is 1.43 bits per heavy atom. The van der Waals surface area contributed by atoms with Gasteiger partial charge in [0.2, 0.25) is 5.91 Å². The van der Waals surface area contributed by atoms with Crippen LogP contribution in [0.3, 0.4) is 0 Å². The van der Waals surface area contributed by atoms with Crippen molar-refractivity contribution in [3.05, 3.63) is 20.9 Å². The highest BCUT2D eigenvalue weighted by Crippen LogP contribution is 2.28. The van der Waals surface area contributed by atoms with Crippen LogP contribution in [0.1, 0.15) is 46.9 Å². The van der Waals surface area contributed by atoms with Crippen molar-refractivity contribution in [3.63, 3.8) is 0 Å². The standard InChI is InChI=1S/C11H17NOS.H2/c1-4-5-6-9-7(2)14-8(3)10(9)11(12)13;/h4-6H2,1-3H3,(H2,12,13);1H. The summed E-state index contributed by atoms with van der Waals surface area (Å²) >= 11 is 1.67. The Hall–Kier alpha value is -0.830. The lowest BCUT2D eigenvalue weighted by molar-refractivity contribution is 0.0999. The number of hydrogen-bond acceptors (Lipinski definition) is 2. The van der Waals surface area contributed by atoms with Crippen molar-refractivity contribution in [3.8, 4) is 0 Å². The van der Waals surface area contributed by atoms with Gasteiger partial charge in [-0.2, -0.15) is 0 Å². The van der Waals surface area contributed by atoms with E-state index in [-0.39, 0.29) is 7.33 Å². The number of unbranched alkanes of at least 4 members (excludes halogenated alkanes) is 1. The van der Waals surface area contributed by atoms with Gasteiger partial charge in [0.25, 0.3) is 0 Å². The number of hydrogen-bond donors (Lipinski definition) is 1. The molecule has 0 bridgehead atoms. The van der Waals surface area contributed by atoms with Gasteiger partial charge in [-0.15, -0.1) is 11.3 Å². The van der Waals surface area contributed by atoms with Crippen LogP contribution in [0.15, 0.2) is 0 Å². The third-order valence-corrected chi connectivity index (χ3v) is 3.47. The van der Waals surface area contributed by atoms with Gasteiger partial charge in [-0.1, -0.05) is 13.3 Å². The van der Waals surface area contributed by atoms with Gasteiger partial charge in [-0.25, -0.2) is 0 Å². The molecule has 0 saturated carbocycles. The summed E-state index contributed by atoms with van der Waals surface area (Å²) in [6.07, 6.45) is 3.24. The molecule has 0 aliphatic heterocycles. The molecule has 1 aromatic heterocycles. The minimum Gasteiger partial charge on any atom is -0.366 e. The van der Waals surface area contributed by atoms with Crippen LogP contribution >= 0.6 is 11.3 Å². The molecule has 1 amide bonds. The van der Waals surface area contributed by atoms with Crippen LogP contribution in [0.5, 0.6) is 0 Å². The number of thiophene rings is 1. The normalized spacial score (nSPS) is 10.5.